The first-order chi connectivity index (χ1) is 8.02. The smallest absolute Gasteiger partial charge is 0.423 e. The Labute approximate surface area is 110 Å². The number of carbonyl (C=O) groups is 1. The first-order valence-corrected chi connectivity index (χ1v) is 6.14. The van der Waals surface area contributed by atoms with Gasteiger partial charge in [-0.25, -0.2) is 15.2 Å². The van der Waals surface area contributed by atoms with Gasteiger partial charge >= 0.3 is 6.09 Å². The number of ether oxygens (including phenoxy) is 1. The van der Waals surface area contributed by atoms with E-state index < -0.39 is 6.09 Å². The van der Waals surface area contributed by atoms with Crippen LogP contribution in [0.2, 0.25) is 0 Å². The van der Waals surface area contributed by atoms with Crippen molar-refractivity contribution in [1.29, 1.82) is 0 Å². The molecule has 94 valence electrons. The summed E-state index contributed by atoms with van der Waals surface area (Å²) in [6.07, 6.45) is 0.446. The van der Waals surface area contributed by atoms with Gasteiger partial charge in [-0.15, -0.1) is 0 Å². The lowest BCUT2D eigenvalue weighted by molar-refractivity contribution is 0.107. The number of nitrogens with zero attached hydrogens (tertiary/aromatic N) is 1. The monoisotopic (exact) mass is 300 g/mol. The van der Waals surface area contributed by atoms with Crippen LogP contribution in [0.15, 0.2) is 28.7 Å². The van der Waals surface area contributed by atoms with Gasteiger partial charge in [0.2, 0.25) is 0 Å². The molecule has 0 aliphatic rings. The fourth-order valence-corrected chi connectivity index (χ4v) is 1.80. The van der Waals surface area contributed by atoms with Crippen molar-refractivity contribution < 1.29 is 9.53 Å². The standard InChI is InChI=1S/C12H17BrN2O2/c1-9(14-15(2)12(16)17-3)8-10-4-6-11(13)7-5-10/h4-7,9,14H,8H2,1-3H3. The summed E-state index contributed by atoms with van der Waals surface area (Å²) in [5.41, 5.74) is 4.26. The Morgan fingerprint density at radius 3 is 2.59 bits per heavy atom. The Kier molecular flexibility index (Phi) is 5.44. The van der Waals surface area contributed by atoms with Gasteiger partial charge in [0.1, 0.15) is 0 Å². The Balaban J connectivity index is 2.46. The highest BCUT2D eigenvalue weighted by Gasteiger charge is 2.11. The molecule has 1 rings (SSSR count). The summed E-state index contributed by atoms with van der Waals surface area (Å²) in [4.78, 5) is 11.2. The highest BCUT2D eigenvalue weighted by molar-refractivity contribution is 9.10. The number of methoxy groups -OCH3 is 1. The van der Waals surface area contributed by atoms with Crippen molar-refractivity contribution in [3.05, 3.63) is 34.3 Å². The zero-order chi connectivity index (χ0) is 12.8. The van der Waals surface area contributed by atoms with Crippen LogP contribution < -0.4 is 5.43 Å². The molecule has 0 radical (unpaired) electrons. The Morgan fingerprint density at radius 1 is 1.47 bits per heavy atom. The van der Waals surface area contributed by atoms with Gasteiger partial charge in [0.05, 0.1) is 7.11 Å². The highest BCUT2D eigenvalue weighted by Crippen LogP contribution is 2.11. The molecule has 1 atom stereocenters. The predicted octanol–water partition coefficient (Wildman–Crippen LogP) is 2.58. The third kappa shape index (κ3) is 4.75. The summed E-state index contributed by atoms with van der Waals surface area (Å²) >= 11 is 3.40. The minimum Gasteiger partial charge on any atom is -0.452 e. The lowest BCUT2D eigenvalue weighted by Gasteiger charge is -2.22. The van der Waals surface area contributed by atoms with Gasteiger partial charge in [0.25, 0.3) is 0 Å². The van der Waals surface area contributed by atoms with E-state index in [-0.39, 0.29) is 6.04 Å². The maximum absolute atomic E-state index is 11.2. The van der Waals surface area contributed by atoms with Gasteiger partial charge in [-0.3, -0.25) is 0 Å². The number of amides is 1. The zero-order valence-corrected chi connectivity index (χ0v) is 11.8. The average molecular weight is 301 g/mol. The van der Waals surface area contributed by atoms with E-state index in [4.69, 9.17) is 0 Å². The maximum Gasteiger partial charge on any atom is 0.423 e. The largest absolute Gasteiger partial charge is 0.452 e. The predicted molar refractivity (Wildman–Crippen MR) is 70.6 cm³/mol. The quantitative estimate of drug-likeness (QED) is 0.869. The summed E-state index contributed by atoms with van der Waals surface area (Å²) in [5.74, 6) is 0. The molecule has 1 aromatic carbocycles. The van der Waals surface area contributed by atoms with E-state index in [2.05, 4.69) is 38.2 Å². The number of halogens is 1. The van der Waals surface area contributed by atoms with Crippen molar-refractivity contribution in [3.8, 4) is 0 Å². The Morgan fingerprint density at radius 2 is 2.06 bits per heavy atom. The van der Waals surface area contributed by atoms with E-state index in [1.165, 1.54) is 17.7 Å². The molecular formula is C12H17BrN2O2. The van der Waals surface area contributed by atoms with Crippen LogP contribution >= 0.6 is 15.9 Å². The molecule has 4 nitrogen and oxygen atoms in total. The van der Waals surface area contributed by atoms with Crippen molar-refractivity contribution >= 4 is 22.0 Å². The van der Waals surface area contributed by atoms with Crippen molar-refractivity contribution in [1.82, 2.24) is 10.4 Å². The van der Waals surface area contributed by atoms with Crippen LogP contribution in [0.4, 0.5) is 4.79 Å². The molecular weight excluding hydrogens is 284 g/mol. The molecule has 0 fully saturated rings. The van der Waals surface area contributed by atoms with Crippen LogP contribution in [0.1, 0.15) is 12.5 Å². The fourth-order valence-electron chi connectivity index (χ4n) is 1.54. The average Bonchev–Trinajstić information content (AvgIpc) is 2.30. The van der Waals surface area contributed by atoms with Crippen molar-refractivity contribution in [2.75, 3.05) is 14.2 Å². The van der Waals surface area contributed by atoms with E-state index in [1.807, 2.05) is 19.1 Å². The topological polar surface area (TPSA) is 41.6 Å². The van der Waals surface area contributed by atoms with E-state index in [1.54, 1.807) is 7.05 Å². The van der Waals surface area contributed by atoms with Crippen LogP contribution in [0.25, 0.3) is 0 Å². The molecule has 1 amide bonds. The van der Waals surface area contributed by atoms with Gasteiger partial charge in [-0.2, -0.15) is 0 Å². The Bertz CT molecular complexity index is 367. The molecule has 1 N–H and O–H groups in total. The summed E-state index contributed by atoms with van der Waals surface area (Å²) < 4.78 is 5.66. The molecule has 0 saturated carbocycles. The summed E-state index contributed by atoms with van der Waals surface area (Å²) in [5, 5.41) is 1.35. The Hall–Kier alpha value is -1.07. The SMILES string of the molecule is COC(=O)N(C)NC(C)Cc1ccc(Br)cc1. The number of nitrogens with one attached hydrogen (secondary N) is 1. The number of hydrazine groups is 1. The number of carbonyl (C=O) groups excluding carboxylic acids is 1. The zero-order valence-electron chi connectivity index (χ0n) is 10.2. The number of benzene rings is 1. The second-order valence-electron chi connectivity index (χ2n) is 3.89. The van der Waals surface area contributed by atoms with Crippen LogP contribution in [0, 0.1) is 0 Å². The molecule has 5 heteroatoms. The molecule has 1 unspecified atom stereocenters. The third-order valence-corrected chi connectivity index (χ3v) is 2.85. The van der Waals surface area contributed by atoms with E-state index in [0.717, 1.165) is 10.9 Å². The second kappa shape index (κ2) is 6.61. The second-order valence-corrected chi connectivity index (χ2v) is 4.81. The van der Waals surface area contributed by atoms with Crippen molar-refractivity contribution in [2.24, 2.45) is 0 Å². The van der Waals surface area contributed by atoms with Crippen molar-refractivity contribution in [2.45, 2.75) is 19.4 Å². The van der Waals surface area contributed by atoms with E-state index in [0.29, 0.717) is 0 Å². The van der Waals surface area contributed by atoms with E-state index >= 15 is 0 Å². The molecule has 17 heavy (non-hydrogen) atoms. The third-order valence-electron chi connectivity index (χ3n) is 2.32. The lowest BCUT2D eigenvalue weighted by Crippen LogP contribution is -2.45. The highest BCUT2D eigenvalue weighted by atomic mass is 79.9. The summed E-state index contributed by atoms with van der Waals surface area (Å²) in [7, 11) is 3.00. The van der Waals surface area contributed by atoms with Crippen LogP contribution in [-0.4, -0.2) is 31.3 Å². The lowest BCUT2D eigenvalue weighted by atomic mass is 10.1. The maximum atomic E-state index is 11.2. The summed E-state index contributed by atoms with van der Waals surface area (Å²) in [6.45, 7) is 2.02. The minimum atomic E-state index is -0.396. The first-order valence-electron chi connectivity index (χ1n) is 5.35. The van der Waals surface area contributed by atoms with E-state index in [9.17, 15) is 4.79 Å². The van der Waals surface area contributed by atoms with Crippen molar-refractivity contribution in [3.63, 3.8) is 0 Å². The molecule has 1 aromatic rings. The van der Waals surface area contributed by atoms with Gasteiger partial charge < -0.3 is 4.74 Å². The molecule has 0 bridgehead atoms. The van der Waals surface area contributed by atoms with Crippen LogP contribution in [0.3, 0.4) is 0 Å². The first kappa shape index (κ1) is 14.0. The van der Waals surface area contributed by atoms with Gasteiger partial charge in [0.15, 0.2) is 0 Å². The van der Waals surface area contributed by atoms with Crippen LogP contribution in [-0.2, 0) is 11.2 Å². The molecule has 0 aliphatic carbocycles. The molecule has 0 aliphatic heterocycles. The van der Waals surface area contributed by atoms with Gasteiger partial charge in [-0.1, -0.05) is 28.1 Å². The normalized spacial score (nSPS) is 12.0. The molecule has 0 heterocycles. The van der Waals surface area contributed by atoms with Gasteiger partial charge in [0, 0.05) is 17.6 Å². The molecule has 0 aromatic heterocycles. The number of hydrogen-bond donors (Lipinski definition) is 1. The number of hydrogen-bond acceptors (Lipinski definition) is 3. The molecule has 0 spiro atoms. The van der Waals surface area contributed by atoms with Gasteiger partial charge in [-0.05, 0) is 31.0 Å². The van der Waals surface area contributed by atoms with Crippen LogP contribution in [0.5, 0.6) is 0 Å². The summed E-state index contributed by atoms with van der Waals surface area (Å²) in [6, 6.07) is 8.28. The molecule has 0 saturated heterocycles. The fraction of sp³-hybridized carbons (Fsp3) is 0.417. The minimum absolute atomic E-state index is 0.153. The number of rotatable bonds is 4.